The van der Waals surface area contributed by atoms with Crippen LogP contribution >= 0.6 is 11.6 Å². The Morgan fingerprint density at radius 3 is 2.46 bits per heavy atom. The fourth-order valence-electron chi connectivity index (χ4n) is 8.88. The third-order valence-electron chi connectivity index (χ3n) is 11.7. The van der Waals surface area contributed by atoms with E-state index in [4.69, 9.17) is 16.3 Å². The van der Waals surface area contributed by atoms with Crippen LogP contribution in [0.2, 0.25) is 5.02 Å². The summed E-state index contributed by atoms with van der Waals surface area (Å²) in [5.74, 6) is 0.991. The maximum atomic E-state index is 15.6. The van der Waals surface area contributed by atoms with Gasteiger partial charge in [0.05, 0.1) is 12.9 Å². The van der Waals surface area contributed by atoms with Crippen LogP contribution in [0, 0.1) is 34.4 Å². The van der Waals surface area contributed by atoms with Crippen molar-refractivity contribution in [2.24, 2.45) is 28.6 Å². The first-order valence-corrected chi connectivity index (χ1v) is 20.1. The number of nitrogens with zero attached hydrogens (tertiary/aromatic N) is 3. The first-order chi connectivity index (χ1) is 23.3. The van der Waals surface area contributed by atoms with Gasteiger partial charge < -0.3 is 15.0 Å². The molecular weight excluding hydrogens is 675 g/mol. The minimum absolute atomic E-state index is 0.00323. The van der Waals surface area contributed by atoms with Crippen molar-refractivity contribution >= 4 is 27.5 Å². The lowest BCUT2D eigenvalue weighted by atomic mass is 9.45. The molecule has 1 amide bonds. The van der Waals surface area contributed by atoms with Crippen LogP contribution in [0.4, 0.5) is 4.39 Å². The highest BCUT2D eigenvalue weighted by Crippen LogP contribution is 2.61. The van der Waals surface area contributed by atoms with Gasteiger partial charge >= 0.3 is 0 Å². The molecule has 2 bridgehead atoms. The van der Waals surface area contributed by atoms with Gasteiger partial charge in [0.2, 0.25) is 15.9 Å². The summed E-state index contributed by atoms with van der Waals surface area (Å²) in [5.41, 5.74) is 2.46. The number of likely N-dealkylation sites (N-methyl/N-ethyl adjacent to an activating group) is 1. The van der Waals surface area contributed by atoms with E-state index in [0.717, 1.165) is 30.5 Å². The zero-order valence-corrected chi connectivity index (χ0v) is 33.0. The first kappa shape index (κ1) is 39.0. The van der Waals surface area contributed by atoms with Gasteiger partial charge in [-0.3, -0.25) is 9.69 Å². The van der Waals surface area contributed by atoms with Crippen LogP contribution < -0.4 is 10.1 Å². The van der Waals surface area contributed by atoms with E-state index in [2.05, 4.69) is 56.7 Å². The Morgan fingerprint density at radius 1 is 1.14 bits per heavy atom. The van der Waals surface area contributed by atoms with Crippen molar-refractivity contribution in [1.82, 2.24) is 19.4 Å². The summed E-state index contributed by atoms with van der Waals surface area (Å²) in [6.45, 7) is 15.1. The molecule has 6 rings (SSSR count). The molecule has 0 aromatic heterocycles. The minimum Gasteiger partial charge on any atom is -0.494 e. The van der Waals surface area contributed by atoms with Crippen molar-refractivity contribution in [2.45, 2.75) is 105 Å². The van der Waals surface area contributed by atoms with Crippen LogP contribution in [0.1, 0.15) is 83.9 Å². The smallest absolute Gasteiger partial charge is 0.238 e. The van der Waals surface area contributed by atoms with Gasteiger partial charge in [-0.15, -0.1) is 0 Å². The number of nitrogens with one attached hydrogen (secondary N) is 1. The van der Waals surface area contributed by atoms with E-state index in [1.807, 2.05) is 38.4 Å². The number of benzene rings is 2. The molecule has 1 N–H and O–H groups in total. The van der Waals surface area contributed by atoms with Gasteiger partial charge in [-0.25, -0.2) is 12.8 Å². The van der Waals surface area contributed by atoms with E-state index < -0.39 is 21.9 Å². The highest BCUT2D eigenvalue weighted by Gasteiger charge is 2.56. The SMILES string of the molecule is COc1ccc(Cl)c(CN(Cc2cccc(CN3C(C(=O)N[C@H]4C[C@@H]5C[C@H]([C@@H]4C)C5(C)C)CCS3(=O)=O)c2)[C@H](CN(C)C)CC(C)(C)C)c1F. The van der Waals surface area contributed by atoms with Gasteiger partial charge in [-0.1, -0.05) is 77.4 Å². The van der Waals surface area contributed by atoms with E-state index >= 15 is 4.39 Å². The molecule has 278 valence electrons. The second-order valence-electron chi connectivity index (χ2n) is 17.2. The number of carbonyl (C=O) groups excluding carboxylic acids is 1. The van der Waals surface area contributed by atoms with E-state index in [1.54, 1.807) is 12.1 Å². The van der Waals surface area contributed by atoms with Crippen molar-refractivity contribution in [1.29, 1.82) is 0 Å². The number of ether oxygens (including phenoxy) is 1. The van der Waals surface area contributed by atoms with Crippen molar-refractivity contribution in [2.75, 3.05) is 33.5 Å². The molecule has 1 aliphatic heterocycles. The molecule has 6 atom stereocenters. The summed E-state index contributed by atoms with van der Waals surface area (Å²) in [4.78, 5) is 18.1. The molecule has 8 nitrogen and oxygen atoms in total. The summed E-state index contributed by atoms with van der Waals surface area (Å²) in [5, 5.41) is 3.62. The van der Waals surface area contributed by atoms with Crippen LogP contribution in [-0.2, 0) is 34.5 Å². The van der Waals surface area contributed by atoms with Gasteiger partial charge in [0.1, 0.15) is 6.04 Å². The summed E-state index contributed by atoms with van der Waals surface area (Å²) >= 11 is 6.60. The van der Waals surface area contributed by atoms with E-state index in [-0.39, 0.29) is 54.4 Å². The second-order valence-corrected chi connectivity index (χ2v) is 19.6. The number of amides is 1. The van der Waals surface area contributed by atoms with E-state index in [0.29, 0.717) is 40.3 Å². The van der Waals surface area contributed by atoms with Crippen LogP contribution in [0.3, 0.4) is 0 Å². The van der Waals surface area contributed by atoms with Gasteiger partial charge in [-0.2, -0.15) is 4.31 Å². The zero-order chi connectivity index (χ0) is 36.8. The average molecular weight is 733 g/mol. The van der Waals surface area contributed by atoms with Gasteiger partial charge in [-0.05, 0) is 91.6 Å². The van der Waals surface area contributed by atoms with Crippen LogP contribution in [0.25, 0.3) is 0 Å². The fraction of sp³-hybridized carbons (Fsp3) is 0.667. The molecule has 3 saturated carbocycles. The molecule has 50 heavy (non-hydrogen) atoms. The van der Waals surface area contributed by atoms with Crippen molar-refractivity contribution < 1.29 is 22.3 Å². The predicted octanol–water partition coefficient (Wildman–Crippen LogP) is 6.95. The predicted molar refractivity (Wildman–Crippen MR) is 199 cm³/mol. The van der Waals surface area contributed by atoms with Gasteiger partial charge in [0, 0.05) is 48.8 Å². The molecular formula is C39H58ClFN4O4S. The molecule has 1 unspecified atom stereocenters. The molecule has 3 aliphatic carbocycles. The van der Waals surface area contributed by atoms with Gasteiger partial charge in [0.25, 0.3) is 0 Å². The number of sulfonamides is 1. The third kappa shape index (κ3) is 8.52. The number of halogens is 2. The summed E-state index contributed by atoms with van der Waals surface area (Å²) in [7, 11) is 1.91. The van der Waals surface area contributed by atoms with Crippen molar-refractivity contribution in [3.63, 3.8) is 0 Å². The Hall–Kier alpha value is -2.24. The zero-order valence-electron chi connectivity index (χ0n) is 31.4. The molecule has 11 heteroatoms. The monoisotopic (exact) mass is 732 g/mol. The third-order valence-corrected chi connectivity index (χ3v) is 13.9. The molecule has 4 fully saturated rings. The molecule has 1 heterocycles. The highest BCUT2D eigenvalue weighted by molar-refractivity contribution is 7.89. The van der Waals surface area contributed by atoms with Crippen LogP contribution in [0.5, 0.6) is 5.75 Å². The molecule has 0 spiro atoms. The lowest BCUT2D eigenvalue weighted by Crippen LogP contribution is -2.61. The molecule has 2 aromatic rings. The number of hydrogen-bond acceptors (Lipinski definition) is 6. The summed E-state index contributed by atoms with van der Waals surface area (Å²) in [6, 6.07) is 10.5. The maximum Gasteiger partial charge on any atom is 0.238 e. The first-order valence-electron chi connectivity index (χ1n) is 18.1. The number of methoxy groups -OCH3 is 1. The number of rotatable bonds is 13. The normalized spacial score (nSPS) is 26.5. The molecule has 1 saturated heterocycles. The average Bonchev–Trinajstić information content (AvgIpc) is 3.31. The molecule has 2 aromatic carbocycles. The fourth-order valence-corrected chi connectivity index (χ4v) is 10.8. The largest absolute Gasteiger partial charge is 0.494 e. The molecule has 0 radical (unpaired) electrons. The van der Waals surface area contributed by atoms with E-state index in [9.17, 15) is 13.2 Å². The number of carbonyl (C=O) groups is 1. The lowest BCUT2D eigenvalue weighted by Gasteiger charge is -2.62. The standard InChI is InChI=1S/C39H58ClFN4O4S/c1-25-31-18-28(39(31,5)6)19-33(25)42-37(46)34-15-16-50(47,48)45(34)22-27-12-10-11-26(17-27)21-44(29(23-43(7)8)20-38(2,3)4)24-30-32(40)13-14-35(49-9)36(30)41/h10-14,17,25,28-29,31,33-34H,15-16,18-24H2,1-9H3,(H,42,46)/t25-,28-,29-,31+,33-,34?/m0/s1. The van der Waals surface area contributed by atoms with Gasteiger partial charge in [0.15, 0.2) is 11.6 Å². The van der Waals surface area contributed by atoms with Crippen LogP contribution in [-0.4, -0.2) is 80.1 Å². The maximum absolute atomic E-state index is 15.6. The summed E-state index contributed by atoms with van der Waals surface area (Å²) < 4.78 is 49.1. The van der Waals surface area contributed by atoms with Crippen molar-refractivity contribution in [3.8, 4) is 5.75 Å². The Morgan fingerprint density at radius 2 is 1.84 bits per heavy atom. The Bertz CT molecular complexity index is 1640. The summed E-state index contributed by atoms with van der Waals surface area (Å²) in [6.07, 6.45) is 3.30. The number of hydrogen-bond donors (Lipinski definition) is 1. The highest BCUT2D eigenvalue weighted by atomic mass is 35.5. The quantitative estimate of drug-likeness (QED) is 0.240. The second kappa shape index (κ2) is 15.0. The number of fused-ring (bicyclic) bond motifs is 2. The van der Waals surface area contributed by atoms with Crippen LogP contribution in [0.15, 0.2) is 36.4 Å². The van der Waals surface area contributed by atoms with Crippen molar-refractivity contribution in [3.05, 3.63) is 63.9 Å². The van der Waals surface area contributed by atoms with E-state index in [1.165, 1.54) is 17.8 Å². The Balaban J connectivity index is 1.37. The topological polar surface area (TPSA) is 82.2 Å². The molecule has 4 aliphatic rings. The Labute approximate surface area is 305 Å². The lowest BCUT2D eigenvalue weighted by molar-refractivity contribution is -0.136. The Kier molecular flexibility index (Phi) is 11.7. The minimum atomic E-state index is -3.61.